The standard InChI is InChI=1S/C15H18BrNO3/c1-3-20-15(19)6-10-4-11-7-13(16)14(17-9(2)18)8-12(11)5-10/h7-8,10H,3-6H2,1-2H3,(H,17,18). The Bertz CT molecular complexity index is 542. The van der Waals surface area contributed by atoms with Crippen molar-refractivity contribution in [3.8, 4) is 0 Å². The molecule has 0 spiro atoms. The summed E-state index contributed by atoms with van der Waals surface area (Å²) in [6.45, 7) is 3.73. The molecule has 108 valence electrons. The Kier molecular flexibility index (Phi) is 4.81. The van der Waals surface area contributed by atoms with E-state index in [0.717, 1.165) is 23.0 Å². The van der Waals surface area contributed by atoms with Crippen LogP contribution in [0.3, 0.4) is 0 Å². The van der Waals surface area contributed by atoms with Gasteiger partial charge in [0.25, 0.3) is 0 Å². The third-order valence-corrected chi connectivity index (χ3v) is 4.03. The van der Waals surface area contributed by atoms with Crippen LogP contribution in [0, 0.1) is 5.92 Å². The lowest BCUT2D eigenvalue weighted by atomic mass is 10.0. The highest BCUT2D eigenvalue weighted by Crippen LogP contribution is 2.35. The molecule has 0 heterocycles. The second-order valence-electron chi connectivity index (χ2n) is 5.07. The molecule has 1 amide bonds. The molecule has 20 heavy (non-hydrogen) atoms. The smallest absolute Gasteiger partial charge is 0.306 e. The molecule has 1 atom stereocenters. The first kappa shape index (κ1) is 15.0. The van der Waals surface area contributed by atoms with Crippen molar-refractivity contribution in [2.45, 2.75) is 33.1 Å². The van der Waals surface area contributed by atoms with E-state index in [9.17, 15) is 9.59 Å². The summed E-state index contributed by atoms with van der Waals surface area (Å²) >= 11 is 3.47. The van der Waals surface area contributed by atoms with Gasteiger partial charge in [0.1, 0.15) is 0 Å². The van der Waals surface area contributed by atoms with E-state index < -0.39 is 0 Å². The molecule has 1 unspecified atom stereocenters. The van der Waals surface area contributed by atoms with Crippen LogP contribution in [-0.2, 0) is 27.2 Å². The number of halogens is 1. The molecule has 1 aromatic rings. The minimum Gasteiger partial charge on any atom is -0.466 e. The lowest BCUT2D eigenvalue weighted by Crippen LogP contribution is -2.11. The van der Waals surface area contributed by atoms with E-state index in [1.165, 1.54) is 18.1 Å². The van der Waals surface area contributed by atoms with E-state index in [-0.39, 0.29) is 11.9 Å². The molecule has 0 bridgehead atoms. The van der Waals surface area contributed by atoms with Crippen LogP contribution in [0.5, 0.6) is 0 Å². The van der Waals surface area contributed by atoms with Crippen molar-refractivity contribution < 1.29 is 14.3 Å². The highest BCUT2D eigenvalue weighted by atomic mass is 79.9. The third kappa shape index (κ3) is 3.60. The number of nitrogens with one attached hydrogen (secondary N) is 1. The molecule has 4 nitrogen and oxygen atoms in total. The van der Waals surface area contributed by atoms with Crippen molar-refractivity contribution in [3.05, 3.63) is 27.7 Å². The van der Waals surface area contributed by atoms with Crippen LogP contribution in [-0.4, -0.2) is 18.5 Å². The number of hydrogen-bond acceptors (Lipinski definition) is 3. The third-order valence-electron chi connectivity index (χ3n) is 3.38. The first-order valence-electron chi connectivity index (χ1n) is 6.74. The summed E-state index contributed by atoms with van der Waals surface area (Å²) in [6, 6.07) is 4.03. The maximum absolute atomic E-state index is 11.5. The van der Waals surface area contributed by atoms with E-state index in [4.69, 9.17) is 4.74 Å². The van der Waals surface area contributed by atoms with Crippen molar-refractivity contribution in [3.63, 3.8) is 0 Å². The number of fused-ring (bicyclic) bond motifs is 1. The Morgan fingerprint density at radius 3 is 2.60 bits per heavy atom. The van der Waals surface area contributed by atoms with E-state index >= 15 is 0 Å². The van der Waals surface area contributed by atoms with Gasteiger partial charge in [-0.15, -0.1) is 0 Å². The normalized spacial score (nSPS) is 16.6. The molecule has 0 aliphatic heterocycles. The Morgan fingerprint density at radius 1 is 1.35 bits per heavy atom. The van der Waals surface area contributed by atoms with Gasteiger partial charge in [0.2, 0.25) is 5.91 Å². The molecule has 1 aliphatic carbocycles. The van der Waals surface area contributed by atoms with E-state index in [1.807, 2.05) is 19.1 Å². The van der Waals surface area contributed by atoms with E-state index in [0.29, 0.717) is 18.9 Å². The monoisotopic (exact) mass is 339 g/mol. The summed E-state index contributed by atoms with van der Waals surface area (Å²) in [5.41, 5.74) is 3.22. The first-order valence-corrected chi connectivity index (χ1v) is 7.53. The Hall–Kier alpha value is -1.36. The zero-order chi connectivity index (χ0) is 14.7. The SMILES string of the molecule is CCOC(=O)CC1Cc2cc(Br)c(NC(C)=O)cc2C1. The Balaban J connectivity index is 2.08. The number of benzene rings is 1. The zero-order valence-electron chi connectivity index (χ0n) is 11.7. The van der Waals surface area contributed by atoms with Gasteiger partial charge in [-0.1, -0.05) is 0 Å². The largest absolute Gasteiger partial charge is 0.466 e. The summed E-state index contributed by atoms with van der Waals surface area (Å²) in [5, 5.41) is 2.80. The fourth-order valence-corrected chi connectivity index (χ4v) is 3.11. The predicted molar refractivity (Wildman–Crippen MR) is 80.6 cm³/mol. The summed E-state index contributed by atoms with van der Waals surface area (Å²) < 4.78 is 5.88. The van der Waals surface area contributed by atoms with Crippen LogP contribution in [0.15, 0.2) is 16.6 Å². The van der Waals surface area contributed by atoms with Gasteiger partial charge >= 0.3 is 5.97 Å². The van der Waals surface area contributed by atoms with Crippen molar-refractivity contribution in [2.75, 3.05) is 11.9 Å². The van der Waals surface area contributed by atoms with Crippen LogP contribution in [0.25, 0.3) is 0 Å². The van der Waals surface area contributed by atoms with Gasteiger partial charge in [0.15, 0.2) is 0 Å². The van der Waals surface area contributed by atoms with Crippen LogP contribution < -0.4 is 5.32 Å². The van der Waals surface area contributed by atoms with Crippen molar-refractivity contribution in [1.29, 1.82) is 0 Å². The predicted octanol–water partition coefficient (Wildman–Crippen LogP) is 3.08. The topological polar surface area (TPSA) is 55.4 Å². The number of carbonyl (C=O) groups is 2. The number of carbonyl (C=O) groups excluding carboxylic acids is 2. The molecule has 2 rings (SSSR count). The van der Waals surface area contributed by atoms with Gasteiger partial charge in [-0.2, -0.15) is 0 Å². The fourth-order valence-electron chi connectivity index (χ4n) is 2.62. The van der Waals surface area contributed by atoms with Gasteiger partial charge < -0.3 is 10.1 Å². The van der Waals surface area contributed by atoms with Crippen molar-refractivity contribution >= 4 is 33.5 Å². The van der Waals surface area contributed by atoms with Crippen LogP contribution in [0.1, 0.15) is 31.4 Å². The average molecular weight is 340 g/mol. The first-order chi connectivity index (χ1) is 9.49. The zero-order valence-corrected chi connectivity index (χ0v) is 13.2. The molecular formula is C15H18BrNO3. The molecule has 0 fully saturated rings. The van der Waals surface area contributed by atoms with Gasteiger partial charge in [-0.3, -0.25) is 9.59 Å². The van der Waals surface area contributed by atoms with Crippen LogP contribution >= 0.6 is 15.9 Å². The van der Waals surface area contributed by atoms with Crippen molar-refractivity contribution in [1.82, 2.24) is 0 Å². The van der Waals surface area contributed by atoms with Crippen molar-refractivity contribution in [2.24, 2.45) is 5.92 Å². The molecule has 0 saturated heterocycles. The van der Waals surface area contributed by atoms with Gasteiger partial charge in [0.05, 0.1) is 12.3 Å². The number of ether oxygens (including phenoxy) is 1. The summed E-state index contributed by atoms with van der Waals surface area (Å²) in [4.78, 5) is 22.7. The average Bonchev–Trinajstić information content (AvgIpc) is 2.70. The quantitative estimate of drug-likeness (QED) is 0.857. The van der Waals surface area contributed by atoms with Gasteiger partial charge in [0, 0.05) is 17.8 Å². The highest BCUT2D eigenvalue weighted by molar-refractivity contribution is 9.10. The number of hydrogen-bond donors (Lipinski definition) is 1. The molecule has 0 aromatic heterocycles. The Labute approximate surface area is 127 Å². The molecule has 0 saturated carbocycles. The van der Waals surface area contributed by atoms with Crippen LogP contribution in [0.2, 0.25) is 0 Å². The maximum Gasteiger partial charge on any atom is 0.306 e. The lowest BCUT2D eigenvalue weighted by Gasteiger charge is -2.08. The van der Waals surface area contributed by atoms with Gasteiger partial charge in [-0.25, -0.2) is 0 Å². The highest BCUT2D eigenvalue weighted by Gasteiger charge is 2.25. The maximum atomic E-state index is 11.5. The molecular weight excluding hydrogens is 322 g/mol. The summed E-state index contributed by atoms with van der Waals surface area (Å²) in [5.74, 6) is 0.0710. The molecule has 5 heteroatoms. The number of anilines is 1. The van der Waals surface area contributed by atoms with E-state index in [1.54, 1.807) is 0 Å². The Morgan fingerprint density at radius 2 is 2.00 bits per heavy atom. The summed E-state index contributed by atoms with van der Waals surface area (Å²) in [7, 11) is 0. The second-order valence-corrected chi connectivity index (χ2v) is 5.92. The molecule has 1 N–H and O–H groups in total. The molecule has 0 radical (unpaired) electrons. The second kappa shape index (κ2) is 6.39. The lowest BCUT2D eigenvalue weighted by molar-refractivity contribution is -0.144. The molecule has 1 aliphatic rings. The number of esters is 1. The van der Waals surface area contributed by atoms with Crippen LogP contribution in [0.4, 0.5) is 5.69 Å². The van der Waals surface area contributed by atoms with E-state index in [2.05, 4.69) is 21.2 Å². The molecule has 1 aromatic carbocycles. The minimum absolute atomic E-state index is 0.0910. The summed E-state index contributed by atoms with van der Waals surface area (Å²) in [6.07, 6.45) is 2.19. The number of amides is 1. The minimum atomic E-state index is -0.133. The fraction of sp³-hybridized carbons (Fsp3) is 0.467. The van der Waals surface area contributed by atoms with Gasteiger partial charge in [-0.05, 0) is 64.9 Å². The number of rotatable bonds is 4.